The minimum absolute atomic E-state index is 0.291. The highest BCUT2D eigenvalue weighted by molar-refractivity contribution is 8.14. The molecule has 4 nitrogen and oxygen atoms in total. The molecule has 3 aromatic carbocycles. The maximum Gasteiger partial charge on any atom is 0.344 e. The largest absolute Gasteiger partial charge is 0.422 e. The Morgan fingerprint density at radius 1 is 0.968 bits per heavy atom. The summed E-state index contributed by atoms with van der Waals surface area (Å²) < 4.78 is 5.75. The van der Waals surface area contributed by atoms with Gasteiger partial charge in [-0.15, -0.1) is 0 Å². The van der Waals surface area contributed by atoms with Crippen LogP contribution in [0.5, 0.6) is 0 Å². The molecule has 4 aromatic rings. The molecule has 1 atom stereocenters. The molecule has 0 spiro atoms. The van der Waals surface area contributed by atoms with Crippen LogP contribution in [0.4, 0.5) is 11.4 Å². The molecule has 1 unspecified atom stereocenters. The molecule has 0 N–H and O–H groups in total. The van der Waals surface area contributed by atoms with Crippen LogP contribution in [0.15, 0.2) is 91.9 Å². The summed E-state index contributed by atoms with van der Waals surface area (Å²) in [7, 11) is 0. The van der Waals surface area contributed by atoms with Gasteiger partial charge in [-0.2, -0.15) is 0 Å². The van der Waals surface area contributed by atoms with Gasteiger partial charge in [-0.1, -0.05) is 62.4 Å². The average Bonchev–Trinajstić information content (AvgIpc) is 3.16. The van der Waals surface area contributed by atoms with E-state index in [-0.39, 0.29) is 11.7 Å². The molecule has 3 heterocycles. The summed E-state index contributed by atoms with van der Waals surface area (Å²) in [5, 5.41) is 1.76. The summed E-state index contributed by atoms with van der Waals surface area (Å²) in [4.78, 5) is 21.6. The van der Waals surface area contributed by atoms with Crippen molar-refractivity contribution in [1.82, 2.24) is 0 Å². The predicted molar refractivity (Wildman–Crippen MR) is 127 cm³/mol. The number of rotatable bonds is 2. The molecule has 0 fully saturated rings. The number of amidine groups is 1. The van der Waals surface area contributed by atoms with Crippen LogP contribution in [0, 0.1) is 0 Å². The topological polar surface area (TPSA) is 45.8 Å². The van der Waals surface area contributed by atoms with Crippen molar-refractivity contribution in [2.24, 2.45) is 4.99 Å². The van der Waals surface area contributed by atoms with Crippen molar-refractivity contribution in [3.63, 3.8) is 0 Å². The van der Waals surface area contributed by atoms with Crippen molar-refractivity contribution in [3.8, 4) is 0 Å². The smallest absolute Gasteiger partial charge is 0.344 e. The van der Waals surface area contributed by atoms with Crippen molar-refractivity contribution in [2.75, 3.05) is 4.90 Å². The van der Waals surface area contributed by atoms with E-state index in [9.17, 15) is 4.79 Å². The van der Waals surface area contributed by atoms with E-state index in [2.05, 4.69) is 55.1 Å². The van der Waals surface area contributed by atoms with E-state index in [0.29, 0.717) is 17.1 Å². The van der Waals surface area contributed by atoms with Crippen LogP contribution in [0.25, 0.3) is 11.0 Å². The second kappa shape index (κ2) is 6.86. The van der Waals surface area contributed by atoms with Crippen LogP contribution in [-0.2, 0) is 0 Å². The Balaban J connectivity index is 1.65. The molecule has 2 aliphatic heterocycles. The molecule has 152 valence electrons. The third kappa shape index (κ3) is 2.77. The van der Waals surface area contributed by atoms with Crippen LogP contribution < -0.4 is 10.5 Å². The van der Waals surface area contributed by atoms with Crippen molar-refractivity contribution >= 4 is 39.3 Å². The maximum atomic E-state index is 13.3. The third-order valence-electron chi connectivity index (χ3n) is 6.01. The second-order valence-corrected chi connectivity index (χ2v) is 9.22. The molecule has 0 aliphatic carbocycles. The quantitative estimate of drug-likeness (QED) is 0.339. The van der Waals surface area contributed by atoms with Crippen LogP contribution >= 0.6 is 11.8 Å². The van der Waals surface area contributed by atoms with Gasteiger partial charge in [0.25, 0.3) is 0 Å². The molecule has 2 aliphatic rings. The number of para-hydroxylation sites is 2. The summed E-state index contributed by atoms with van der Waals surface area (Å²) in [5.74, 6) is 0.446. The molecule has 0 saturated heterocycles. The monoisotopic (exact) mass is 424 g/mol. The van der Waals surface area contributed by atoms with Gasteiger partial charge in [0.15, 0.2) is 5.17 Å². The molecule has 0 radical (unpaired) electrons. The summed E-state index contributed by atoms with van der Waals surface area (Å²) in [6.07, 6.45) is 0. The fraction of sp³-hybridized carbons (Fsp3) is 0.154. The van der Waals surface area contributed by atoms with Crippen LogP contribution in [-0.4, -0.2) is 5.17 Å². The minimum Gasteiger partial charge on any atom is -0.422 e. The number of nitrogens with zero attached hydrogens (tertiary/aromatic N) is 2. The summed E-state index contributed by atoms with van der Waals surface area (Å²) in [6.45, 7) is 4.37. The van der Waals surface area contributed by atoms with Gasteiger partial charge in [0.1, 0.15) is 5.58 Å². The Labute approximate surface area is 184 Å². The van der Waals surface area contributed by atoms with Gasteiger partial charge in [0.2, 0.25) is 0 Å². The van der Waals surface area contributed by atoms with Gasteiger partial charge in [0, 0.05) is 10.3 Å². The zero-order valence-electron chi connectivity index (χ0n) is 17.2. The summed E-state index contributed by atoms with van der Waals surface area (Å²) >= 11 is 1.65. The Kier molecular flexibility index (Phi) is 4.08. The second-order valence-electron chi connectivity index (χ2n) is 8.21. The summed E-state index contributed by atoms with van der Waals surface area (Å²) in [5.41, 5.74) is 4.95. The zero-order chi connectivity index (χ0) is 21.1. The van der Waals surface area contributed by atoms with Gasteiger partial charge < -0.3 is 9.32 Å². The number of fused-ring (bicyclic) bond motifs is 6. The third-order valence-corrected chi connectivity index (χ3v) is 7.05. The zero-order valence-corrected chi connectivity index (χ0v) is 18.0. The van der Waals surface area contributed by atoms with E-state index < -0.39 is 0 Å². The molecule has 1 aromatic heterocycles. The highest BCUT2D eigenvalue weighted by atomic mass is 32.2. The first-order valence-electron chi connectivity index (χ1n) is 10.4. The van der Waals surface area contributed by atoms with E-state index in [0.717, 1.165) is 32.4 Å². The lowest BCUT2D eigenvalue weighted by atomic mass is 9.92. The molecule has 0 amide bonds. The van der Waals surface area contributed by atoms with Crippen LogP contribution in [0.2, 0.25) is 0 Å². The molecular weight excluding hydrogens is 404 g/mol. The molecular formula is C26H20N2O2S. The van der Waals surface area contributed by atoms with Crippen molar-refractivity contribution in [1.29, 1.82) is 0 Å². The molecule has 0 bridgehead atoms. The van der Waals surface area contributed by atoms with Crippen LogP contribution in [0.1, 0.15) is 42.5 Å². The Hall–Kier alpha value is -3.31. The van der Waals surface area contributed by atoms with Crippen molar-refractivity contribution in [3.05, 3.63) is 99.9 Å². The van der Waals surface area contributed by atoms with Gasteiger partial charge in [-0.05, 0) is 53.1 Å². The lowest BCUT2D eigenvalue weighted by molar-refractivity contribution is 0.544. The van der Waals surface area contributed by atoms with Crippen LogP contribution in [0.3, 0.4) is 0 Å². The molecule has 5 heteroatoms. The fourth-order valence-corrected chi connectivity index (χ4v) is 5.49. The number of thioether (sulfide) groups is 1. The average molecular weight is 425 g/mol. The first-order valence-corrected chi connectivity index (χ1v) is 11.2. The number of aliphatic imine (C=N–C) groups is 1. The number of anilines is 1. The Morgan fingerprint density at radius 3 is 2.52 bits per heavy atom. The molecule has 31 heavy (non-hydrogen) atoms. The van der Waals surface area contributed by atoms with E-state index in [1.807, 2.05) is 36.4 Å². The Bertz CT molecular complexity index is 1420. The Morgan fingerprint density at radius 2 is 1.71 bits per heavy atom. The lowest BCUT2D eigenvalue weighted by Crippen LogP contribution is -2.36. The minimum atomic E-state index is -0.330. The van der Waals surface area contributed by atoms with Gasteiger partial charge in [-0.25, -0.2) is 9.79 Å². The lowest BCUT2D eigenvalue weighted by Gasteiger charge is -2.34. The first kappa shape index (κ1) is 18.5. The number of benzene rings is 3. The SMILES string of the molecule is CC(C)c1ccc(C2c3c(c4ccccc4oc3=O)N=C3Sc4ccccc4N32)cc1. The van der Waals surface area contributed by atoms with Gasteiger partial charge >= 0.3 is 5.63 Å². The van der Waals surface area contributed by atoms with Crippen molar-refractivity contribution in [2.45, 2.75) is 30.7 Å². The highest BCUT2D eigenvalue weighted by Gasteiger charge is 2.41. The standard InChI is InChI=1S/C26H20N2O2S/c1-15(2)16-11-13-17(14-12-16)24-22-23(18-7-3-5-9-20(18)30-25(22)29)27-26-28(24)19-8-4-6-10-21(19)31-26/h3-15,24H,1-2H3. The normalized spacial score (nSPS) is 16.8. The van der Waals surface area contributed by atoms with E-state index in [1.165, 1.54) is 5.56 Å². The van der Waals surface area contributed by atoms with Crippen molar-refractivity contribution < 1.29 is 4.42 Å². The first-order chi connectivity index (χ1) is 15.1. The number of hydrogen-bond acceptors (Lipinski definition) is 5. The van der Waals surface area contributed by atoms with E-state index in [4.69, 9.17) is 9.41 Å². The molecule has 0 saturated carbocycles. The highest BCUT2D eigenvalue weighted by Crippen LogP contribution is 2.51. The summed E-state index contributed by atoms with van der Waals surface area (Å²) in [6, 6.07) is 24.2. The fourth-order valence-electron chi connectivity index (χ4n) is 4.43. The maximum absolute atomic E-state index is 13.3. The van der Waals surface area contributed by atoms with Gasteiger partial charge in [-0.3, -0.25) is 0 Å². The van der Waals surface area contributed by atoms with E-state index >= 15 is 0 Å². The predicted octanol–water partition coefficient (Wildman–Crippen LogP) is 6.62. The number of hydrogen-bond donors (Lipinski definition) is 0. The molecule has 6 rings (SSSR count). The van der Waals surface area contributed by atoms with Gasteiger partial charge in [0.05, 0.1) is 23.0 Å². The van der Waals surface area contributed by atoms with E-state index in [1.54, 1.807) is 11.8 Å².